The van der Waals surface area contributed by atoms with E-state index in [2.05, 4.69) is 0 Å². The van der Waals surface area contributed by atoms with Gasteiger partial charge in [0.25, 0.3) is 0 Å². The maximum atomic E-state index is 8.55. The van der Waals surface area contributed by atoms with E-state index < -0.39 is 23.5 Å². The van der Waals surface area contributed by atoms with Gasteiger partial charge < -0.3 is 57.7 Å². The van der Waals surface area contributed by atoms with Gasteiger partial charge in [-0.3, -0.25) is 0 Å². The van der Waals surface area contributed by atoms with Crippen molar-refractivity contribution in [2.24, 2.45) is 0 Å². The Kier molecular flexibility index (Phi) is 15.8. The Bertz CT molecular complexity index is 211. The second-order valence-corrected chi connectivity index (χ2v) is 4.02. The average molecular weight is 314 g/mol. The summed E-state index contributed by atoms with van der Waals surface area (Å²) in [5.41, 5.74) is 0. The van der Waals surface area contributed by atoms with Crippen molar-refractivity contribution in [3.05, 3.63) is 0 Å². The van der Waals surface area contributed by atoms with Crippen molar-refractivity contribution in [3.8, 4) is 0 Å². The van der Waals surface area contributed by atoms with Crippen molar-refractivity contribution in [1.82, 2.24) is 0 Å². The van der Waals surface area contributed by atoms with Crippen LogP contribution in [0.2, 0.25) is 0 Å². The summed E-state index contributed by atoms with van der Waals surface area (Å²) < 4.78 is 25.6. The van der Waals surface area contributed by atoms with Crippen molar-refractivity contribution >= 4 is 40.8 Å². The van der Waals surface area contributed by atoms with Crippen LogP contribution in [0.3, 0.4) is 0 Å². The topological polar surface area (TPSA) is 259 Å². The zero-order valence-electron chi connectivity index (χ0n) is 8.82. The van der Waals surface area contributed by atoms with Gasteiger partial charge in [-0.15, -0.1) is 0 Å². The van der Waals surface area contributed by atoms with Gasteiger partial charge in [0.2, 0.25) is 0 Å². The molecular formula is H2AlO12P3-4. The quantitative estimate of drug-likeness (QED) is 0.298. The molecule has 0 radical (unpaired) electrons. The minimum absolute atomic E-state index is 0. The molecule has 0 aromatic rings. The number of rotatable bonds is 0. The Morgan fingerprint density at radius 3 is 0.500 bits per heavy atom. The molecule has 16 heavy (non-hydrogen) atoms. The zero-order chi connectivity index (χ0) is 13.5. The normalized spacial score (nSPS) is 11.1. The summed E-state index contributed by atoms with van der Waals surface area (Å²) in [5.74, 6) is 0. The molecule has 0 bridgehead atoms. The SMILES string of the molecule is O=P([O-])([O-])[O-].O=P([O-])([O-])[O-].O=P([O-])([O-])[O-].[Al+3].[H+].[H+]. The molecule has 0 aromatic carbocycles. The largest absolute Gasteiger partial charge is 3.00 e. The maximum Gasteiger partial charge on any atom is 3.00 e. The van der Waals surface area contributed by atoms with E-state index in [-0.39, 0.29) is 20.2 Å². The van der Waals surface area contributed by atoms with Crippen LogP contribution in [0.5, 0.6) is 0 Å². The van der Waals surface area contributed by atoms with Crippen molar-refractivity contribution < 1.29 is 60.6 Å². The molecule has 0 aliphatic heterocycles. The molecule has 0 amide bonds. The molecule has 0 N–H and O–H groups in total. The van der Waals surface area contributed by atoms with Crippen LogP contribution in [0.25, 0.3) is 0 Å². The summed E-state index contributed by atoms with van der Waals surface area (Å²) in [7, 11) is -16.2. The van der Waals surface area contributed by atoms with E-state index in [9.17, 15) is 0 Å². The van der Waals surface area contributed by atoms with Crippen molar-refractivity contribution in [2.45, 2.75) is 0 Å². The molecule has 0 spiro atoms. The molecule has 0 saturated carbocycles. The molecule has 0 aliphatic carbocycles. The second-order valence-electron chi connectivity index (χ2n) is 1.34. The minimum atomic E-state index is -5.39. The maximum absolute atomic E-state index is 8.55. The fourth-order valence-electron chi connectivity index (χ4n) is 0. The van der Waals surface area contributed by atoms with Crippen molar-refractivity contribution in [2.75, 3.05) is 0 Å². The molecule has 0 aromatic heterocycles. The first-order valence-corrected chi connectivity index (χ1v) is 6.57. The molecule has 0 saturated heterocycles. The van der Waals surface area contributed by atoms with Crippen LogP contribution in [0.4, 0.5) is 0 Å². The van der Waals surface area contributed by atoms with E-state index in [1.165, 1.54) is 0 Å². The molecule has 0 unspecified atom stereocenters. The molecule has 0 aliphatic rings. The Morgan fingerprint density at radius 2 is 0.500 bits per heavy atom. The van der Waals surface area contributed by atoms with Crippen LogP contribution in [0.15, 0.2) is 0 Å². The predicted octanol–water partition coefficient (Wildman–Crippen LogP) is -8.63. The molecule has 96 valence electrons. The molecule has 12 nitrogen and oxygen atoms in total. The Balaban J connectivity index is -0.0000000277. The standard InChI is InChI=1S/Al.3H3O4P/c;3*1-5(2,3)4/h;3*(H3,1,2,3,4)/q+3;;;/p-7. The third-order valence-corrected chi connectivity index (χ3v) is 0. The number of phosphoric acid groups is 3. The Labute approximate surface area is 102 Å². The molecule has 0 heterocycles. The molecule has 0 fully saturated rings. The van der Waals surface area contributed by atoms with Gasteiger partial charge in [-0.2, -0.15) is 23.5 Å². The Hall–Kier alpha value is 0.862. The number of hydrogen-bond acceptors (Lipinski definition) is 12. The van der Waals surface area contributed by atoms with Crippen LogP contribution >= 0.6 is 23.5 Å². The summed E-state index contributed by atoms with van der Waals surface area (Å²) in [5, 5.41) is 0. The van der Waals surface area contributed by atoms with E-state index in [1.54, 1.807) is 0 Å². The number of hydrogen-bond donors (Lipinski definition) is 0. The summed E-state index contributed by atoms with van der Waals surface area (Å²) >= 11 is 0. The fourth-order valence-corrected chi connectivity index (χ4v) is 0. The van der Waals surface area contributed by atoms with Gasteiger partial charge >= 0.3 is 20.2 Å². The van der Waals surface area contributed by atoms with E-state index in [0.717, 1.165) is 0 Å². The summed E-state index contributed by atoms with van der Waals surface area (Å²) in [6.07, 6.45) is 0. The van der Waals surface area contributed by atoms with Crippen molar-refractivity contribution in [3.63, 3.8) is 0 Å². The predicted molar refractivity (Wildman–Crippen MR) is 30.8 cm³/mol. The van der Waals surface area contributed by atoms with Gasteiger partial charge in [-0.05, 0) is 0 Å². The first-order chi connectivity index (χ1) is 6.00. The summed E-state index contributed by atoms with van der Waals surface area (Å²) in [6, 6.07) is 0. The fraction of sp³-hybridized carbons (Fsp3) is 0. The molecular weight excluding hydrogens is 312 g/mol. The molecule has 16 heteroatoms. The smallest absolute Gasteiger partial charge is 0.822 e. The Morgan fingerprint density at radius 1 is 0.500 bits per heavy atom. The summed E-state index contributed by atoms with van der Waals surface area (Å²) in [4.78, 5) is 76.9. The molecule has 0 rings (SSSR count). The van der Waals surface area contributed by atoms with E-state index >= 15 is 0 Å². The van der Waals surface area contributed by atoms with Crippen LogP contribution in [-0.4, -0.2) is 17.4 Å². The van der Waals surface area contributed by atoms with Gasteiger partial charge in [0, 0.05) is 0 Å². The van der Waals surface area contributed by atoms with Gasteiger partial charge in [0.1, 0.15) is 0 Å². The van der Waals surface area contributed by atoms with Crippen LogP contribution in [0.1, 0.15) is 2.85 Å². The van der Waals surface area contributed by atoms with Gasteiger partial charge in [-0.1, -0.05) is 0 Å². The zero-order valence-corrected chi connectivity index (χ0v) is 10.7. The van der Waals surface area contributed by atoms with Gasteiger partial charge in [0.05, 0.1) is 0 Å². The monoisotopic (exact) mass is 314 g/mol. The van der Waals surface area contributed by atoms with E-state index in [1.807, 2.05) is 0 Å². The third kappa shape index (κ3) is 3840. The van der Waals surface area contributed by atoms with Crippen molar-refractivity contribution in [1.29, 1.82) is 0 Å². The van der Waals surface area contributed by atoms with Gasteiger partial charge in [-0.25, -0.2) is 0 Å². The first-order valence-electron chi connectivity index (χ1n) is 2.19. The van der Waals surface area contributed by atoms with Crippen LogP contribution in [0, 0.1) is 0 Å². The van der Waals surface area contributed by atoms with Gasteiger partial charge in [0.15, 0.2) is 0 Å². The van der Waals surface area contributed by atoms with E-state index in [0.29, 0.717) is 0 Å². The third-order valence-electron chi connectivity index (χ3n) is 0. The van der Waals surface area contributed by atoms with Crippen LogP contribution in [-0.2, 0) is 13.7 Å². The van der Waals surface area contributed by atoms with Crippen LogP contribution < -0.4 is 44.0 Å². The summed E-state index contributed by atoms with van der Waals surface area (Å²) in [6.45, 7) is 0. The average Bonchev–Trinajstić information content (AvgIpc) is 1.41. The second kappa shape index (κ2) is 9.85. The molecule has 0 atom stereocenters. The first kappa shape index (κ1) is 25.6. The van der Waals surface area contributed by atoms with E-state index in [4.69, 9.17) is 57.7 Å². The minimum Gasteiger partial charge on any atom is -0.822 e.